The Bertz CT molecular complexity index is 431. The molecule has 1 fully saturated rings. The summed E-state index contributed by atoms with van der Waals surface area (Å²) in [5.74, 6) is -2.22. The Morgan fingerprint density at radius 2 is 2.15 bits per heavy atom. The normalized spacial score (nSPS) is 23.6. The maximum absolute atomic E-state index is 12.9. The topological polar surface area (TPSA) is 57.8 Å². The highest BCUT2D eigenvalue weighted by molar-refractivity contribution is 5.79. The average molecular weight is 289 g/mol. The van der Waals surface area contributed by atoms with E-state index in [0.717, 1.165) is 0 Å². The number of H-pyrrole nitrogens is 1. The zero-order valence-electron chi connectivity index (χ0n) is 11.0. The van der Waals surface area contributed by atoms with Gasteiger partial charge in [0.1, 0.15) is 5.82 Å². The molecule has 1 aliphatic carbocycles. The molecule has 112 valence electrons. The van der Waals surface area contributed by atoms with Crippen molar-refractivity contribution in [1.82, 2.24) is 15.3 Å². The van der Waals surface area contributed by atoms with Crippen LogP contribution in [0.3, 0.4) is 0 Å². The molecule has 1 aliphatic rings. The molecule has 0 radical (unpaired) electrons. The Kier molecular flexibility index (Phi) is 4.67. The number of carbonyl (C=O) groups is 1. The maximum atomic E-state index is 12.9. The van der Waals surface area contributed by atoms with E-state index in [1.165, 1.54) is 0 Å². The van der Waals surface area contributed by atoms with Gasteiger partial charge in [-0.25, -0.2) is 4.98 Å². The largest absolute Gasteiger partial charge is 0.392 e. The van der Waals surface area contributed by atoms with Gasteiger partial charge in [0.25, 0.3) is 0 Å². The number of hydrogen-bond donors (Lipinski definition) is 2. The fraction of sp³-hybridized carbons (Fsp3) is 0.692. The number of alkyl halides is 3. The van der Waals surface area contributed by atoms with Gasteiger partial charge in [0.05, 0.1) is 5.92 Å². The summed E-state index contributed by atoms with van der Waals surface area (Å²) in [5.41, 5.74) is 0. The molecule has 1 aromatic rings. The van der Waals surface area contributed by atoms with Gasteiger partial charge in [-0.2, -0.15) is 13.2 Å². The van der Waals surface area contributed by atoms with Gasteiger partial charge in [-0.1, -0.05) is 12.8 Å². The van der Waals surface area contributed by atoms with Crippen LogP contribution in [0.2, 0.25) is 0 Å². The second-order valence-electron chi connectivity index (χ2n) is 5.12. The van der Waals surface area contributed by atoms with E-state index in [1.54, 1.807) is 12.4 Å². The van der Waals surface area contributed by atoms with Crippen molar-refractivity contribution < 1.29 is 18.0 Å². The number of imidazole rings is 1. The Morgan fingerprint density at radius 1 is 1.40 bits per heavy atom. The van der Waals surface area contributed by atoms with Crippen molar-refractivity contribution in [2.75, 3.05) is 6.54 Å². The quantitative estimate of drug-likeness (QED) is 0.894. The molecule has 1 amide bonds. The summed E-state index contributed by atoms with van der Waals surface area (Å²) in [6, 6.07) is 0. The third-order valence-corrected chi connectivity index (χ3v) is 3.74. The van der Waals surface area contributed by atoms with E-state index in [1.807, 2.05) is 0 Å². The predicted molar refractivity (Wildman–Crippen MR) is 66.8 cm³/mol. The van der Waals surface area contributed by atoms with Crippen LogP contribution in [0.4, 0.5) is 13.2 Å². The molecule has 2 rings (SSSR count). The summed E-state index contributed by atoms with van der Waals surface area (Å²) in [7, 11) is 0. The van der Waals surface area contributed by atoms with Crippen molar-refractivity contribution in [3.8, 4) is 0 Å². The van der Waals surface area contributed by atoms with E-state index in [9.17, 15) is 18.0 Å². The summed E-state index contributed by atoms with van der Waals surface area (Å²) in [6.07, 6.45) is 1.06. The van der Waals surface area contributed by atoms with Crippen LogP contribution in [0.25, 0.3) is 0 Å². The molecule has 1 saturated carbocycles. The van der Waals surface area contributed by atoms with Crippen LogP contribution < -0.4 is 5.32 Å². The lowest BCUT2D eigenvalue weighted by atomic mass is 9.78. The second kappa shape index (κ2) is 6.28. The fourth-order valence-electron chi connectivity index (χ4n) is 2.71. The summed E-state index contributed by atoms with van der Waals surface area (Å²) in [4.78, 5) is 18.8. The zero-order valence-corrected chi connectivity index (χ0v) is 11.0. The van der Waals surface area contributed by atoms with Crippen molar-refractivity contribution in [1.29, 1.82) is 0 Å². The molecule has 20 heavy (non-hydrogen) atoms. The van der Waals surface area contributed by atoms with Crippen LogP contribution in [0, 0.1) is 11.8 Å². The first-order valence-electron chi connectivity index (χ1n) is 6.81. The SMILES string of the molecule is O=C(NCCc1ncc[nH]1)C1CCCCC1C(F)(F)F. The molecule has 0 bridgehead atoms. The number of carbonyl (C=O) groups excluding carboxylic acids is 1. The highest BCUT2D eigenvalue weighted by atomic mass is 19.4. The van der Waals surface area contributed by atoms with Crippen molar-refractivity contribution in [2.45, 2.75) is 38.3 Å². The van der Waals surface area contributed by atoms with Crippen LogP contribution in [0.1, 0.15) is 31.5 Å². The number of halogens is 3. The Labute approximate surface area is 115 Å². The minimum absolute atomic E-state index is 0.0553. The number of hydrogen-bond acceptors (Lipinski definition) is 2. The molecule has 0 spiro atoms. The van der Waals surface area contributed by atoms with Crippen molar-refractivity contribution in [2.24, 2.45) is 11.8 Å². The Hall–Kier alpha value is -1.53. The molecule has 2 unspecified atom stereocenters. The first kappa shape index (κ1) is 14.9. The summed E-state index contributed by atoms with van der Waals surface area (Å²) in [6.45, 7) is 0.299. The summed E-state index contributed by atoms with van der Waals surface area (Å²) < 4.78 is 38.7. The molecular formula is C13H18F3N3O. The van der Waals surface area contributed by atoms with E-state index in [4.69, 9.17) is 0 Å². The number of nitrogens with one attached hydrogen (secondary N) is 2. The summed E-state index contributed by atoms with van der Waals surface area (Å²) in [5, 5.41) is 2.59. The minimum Gasteiger partial charge on any atom is -0.355 e. The van der Waals surface area contributed by atoms with Gasteiger partial charge in [0, 0.05) is 31.3 Å². The maximum Gasteiger partial charge on any atom is 0.392 e. The lowest BCUT2D eigenvalue weighted by Gasteiger charge is -2.31. The number of aromatic amines is 1. The van der Waals surface area contributed by atoms with Gasteiger partial charge in [0.15, 0.2) is 0 Å². The first-order chi connectivity index (χ1) is 9.48. The van der Waals surface area contributed by atoms with Gasteiger partial charge in [-0.3, -0.25) is 4.79 Å². The van der Waals surface area contributed by atoms with Crippen molar-refractivity contribution in [3.05, 3.63) is 18.2 Å². The first-order valence-corrected chi connectivity index (χ1v) is 6.81. The standard InChI is InChI=1S/C13H18F3N3O/c14-13(15,16)10-4-2-1-3-9(10)12(20)19-6-5-11-17-7-8-18-11/h7-10H,1-6H2,(H,17,18)(H,19,20). The molecular weight excluding hydrogens is 271 g/mol. The van der Waals surface area contributed by atoms with E-state index in [2.05, 4.69) is 15.3 Å². The van der Waals surface area contributed by atoms with Gasteiger partial charge in [0.2, 0.25) is 5.91 Å². The second-order valence-corrected chi connectivity index (χ2v) is 5.12. The van der Waals surface area contributed by atoms with Crippen molar-refractivity contribution >= 4 is 5.91 Å². The number of aromatic nitrogens is 2. The lowest BCUT2D eigenvalue weighted by molar-refractivity contribution is -0.198. The van der Waals surface area contributed by atoms with Crippen LogP contribution in [-0.4, -0.2) is 28.6 Å². The average Bonchev–Trinajstić information content (AvgIpc) is 2.91. The number of rotatable bonds is 4. The number of nitrogens with zero attached hydrogens (tertiary/aromatic N) is 1. The third kappa shape index (κ3) is 3.74. The van der Waals surface area contributed by atoms with Crippen LogP contribution in [0.15, 0.2) is 12.4 Å². The molecule has 2 N–H and O–H groups in total. The summed E-state index contributed by atoms with van der Waals surface area (Å²) >= 11 is 0. The predicted octanol–water partition coefficient (Wildman–Crippen LogP) is 2.44. The van der Waals surface area contributed by atoms with Crippen molar-refractivity contribution in [3.63, 3.8) is 0 Å². The van der Waals surface area contributed by atoms with E-state index >= 15 is 0 Å². The van der Waals surface area contributed by atoms with E-state index in [-0.39, 0.29) is 6.42 Å². The monoisotopic (exact) mass is 289 g/mol. The lowest BCUT2D eigenvalue weighted by Crippen LogP contribution is -2.43. The van der Waals surface area contributed by atoms with Gasteiger partial charge in [-0.05, 0) is 12.8 Å². The van der Waals surface area contributed by atoms with E-state index in [0.29, 0.717) is 38.1 Å². The minimum atomic E-state index is -4.29. The highest BCUT2D eigenvalue weighted by Crippen LogP contribution is 2.41. The van der Waals surface area contributed by atoms with Crippen LogP contribution >= 0.6 is 0 Å². The molecule has 2 atom stereocenters. The van der Waals surface area contributed by atoms with Crippen LogP contribution in [0.5, 0.6) is 0 Å². The molecule has 1 heterocycles. The molecule has 4 nitrogen and oxygen atoms in total. The third-order valence-electron chi connectivity index (χ3n) is 3.74. The Morgan fingerprint density at radius 3 is 2.80 bits per heavy atom. The molecule has 0 aliphatic heterocycles. The fourth-order valence-corrected chi connectivity index (χ4v) is 2.71. The Balaban J connectivity index is 1.86. The zero-order chi connectivity index (χ0) is 14.6. The molecule has 0 aromatic carbocycles. The number of amides is 1. The van der Waals surface area contributed by atoms with E-state index < -0.39 is 23.9 Å². The smallest absolute Gasteiger partial charge is 0.355 e. The van der Waals surface area contributed by atoms with Gasteiger partial charge < -0.3 is 10.3 Å². The molecule has 7 heteroatoms. The highest BCUT2D eigenvalue weighted by Gasteiger charge is 2.47. The van der Waals surface area contributed by atoms with Gasteiger partial charge >= 0.3 is 6.18 Å². The van der Waals surface area contributed by atoms with Crippen LogP contribution in [-0.2, 0) is 11.2 Å². The molecule has 1 aromatic heterocycles. The van der Waals surface area contributed by atoms with Gasteiger partial charge in [-0.15, -0.1) is 0 Å². The molecule has 0 saturated heterocycles.